The third kappa shape index (κ3) is 7.89. The first-order valence-electron chi connectivity index (χ1n) is 12.8. The van der Waals surface area contributed by atoms with Crippen LogP contribution in [0.25, 0.3) is 22.5 Å². The Morgan fingerprint density at radius 1 is 0.718 bits per heavy atom. The molecule has 2 aromatic heterocycles. The molecule has 0 saturated heterocycles. The van der Waals surface area contributed by atoms with E-state index in [2.05, 4.69) is 104 Å². The molecule has 0 atom stereocenters. The number of halogens is 1. The maximum Gasteiger partial charge on any atom is 0.0795 e. The third-order valence-electron chi connectivity index (χ3n) is 6.64. The van der Waals surface area contributed by atoms with Gasteiger partial charge in [0.15, 0.2) is 0 Å². The number of nitrogens with zero attached hydrogens (tertiary/aromatic N) is 2. The summed E-state index contributed by atoms with van der Waals surface area (Å²) in [6, 6.07) is 37.5. The standard InChI is InChI=1S/C20H18N.C14H15FNSi.Ir/c1-20(2,17-11-7-4-8-12-17)18-13-14-21-19(15-18)16-9-5-3-6-10-16;1-17(2,3)13-8-9-14(16-10-13)11-4-6-12(15)7-5-11;/h3-9,11-15H,1-2H3;4,6-10H,1-3H3;/q2*-1;. The van der Waals surface area contributed by atoms with Gasteiger partial charge in [0.25, 0.3) is 0 Å². The molecular formula is C34H33FIrN2Si-2. The van der Waals surface area contributed by atoms with Gasteiger partial charge < -0.3 is 9.97 Å². The Balaban J connectivity index is 0.000000215. The van der Waals surface area contributed by atoms with Crippen LogP contribution in [0.3, 0.4) is 0 Å². The van der Waals surface area contributed by atoms with Crippen molar-refractivity contribution in [3.05, 3.63) is 139 Å². The van der Waals surface area contributed by atoms with E-state index in [1.807, 2.05) is 42.7 Å². The summed E-state index contributed by atoms with van der Waals surface area (Å²) >= 11 is 0. The van der Waals surface area contributed by atoms with Crippen LogP contribution in [-0.4, -0.2) is 18.0 Å². The van der Waals surface area contributed by atoms with Gasteiger partial charge in [-0.2, -0.15) is 0 Å². The van der Waals surface area contributed by atoms with Crippen LogP contribution in [0.1, 0.15) is 25.0 Å². The number of benzene rings is 3. The van der Waals surface area contributed by atoms with Gasteiger partial charge in [-0.3, -0.25) is 4.39 Å². The summed E-state index contributed by atoms with van der Waals surface area (Å²) in [6.07, 6.45) is 3.81. The first-order chi connectivity index (χ1) is 18.1. The van der Waals surface area contributed by atoms with E-state index < -0.39 is 8.07 Å². The van der Waals surface area contributed by atoms with E-state index in [1.165, 1.54) is 28.4 Å². The molecule has 5 heteroatoms. The van der Waals surface area contributed by atoms with Crippen molar-refractivity contribution in [3.8, 4) is 22.5 Å². The van der Waals surface area contributed by atoms with Crippen LogP contribution in [0, 0.1) is 17.9 Å². The summed E-state index contributed by atoms with van der Waals surface area (Å²) in [7, 11) is -1.30. The molecule has 0 saturated carbocycles. The van der Waals surface area contributed by atoms with Crippen molar-refractivity contribution < 1.29 is 24.5 Å². The Morgan fingerprint density at radius 2 is 1.44 bits per heavy atom. The molecule has 0 unspecified atom stereocenters. The molecule has 2 heterocycles. The second-order valence-electron chi connectivity index (χ2n) is 10.8. The molecule has 0 aliphatic rings. The second-order valence-corrected chi connectivity index (χ2v) is 15.9. The van der Waals surface area contributed by atoms with E-state index in [1.54, 1.807) is 6.07 Å². The average Bonchev–Trinajstić information content (AvgIpc) is 2.94. The number of aromatic nitrogens is 2. The number of hydrogen-bond donors (Lipinski definition) is 0. The van der Waals surface area contributed by atoms with Gasteiger partial charge in [-0.1, -0.05) is 82.0 Å². The molecule has 0 aliphatic carbocycles. The summed E-state index contributed by atoms with van der Waals surface area (Å²) in [5.41, 5.74) is 6.18. The van der Waals surface area contributed by atoms with E-state index in [0.29, 0.717) is 0 Å². The quantitative estimate of drug-likeness (QED) is 0.136. The molecule has 5 rings (SSSR count). The van der Waals surface area contributed by atoms with Crippen molar-refractivity contribution in [2.45, 2.75) is 38.9 Å². The topological polar surface area (TPSA) is 25.8 Å². The zero-order chi connectivity index (χ0) is 27.2. The third-order valence-corrected chi connectivity index (χ3v) is 8.67. The fourth-order valence-corrected chi connectivity index (χ4v) is 5.14. The first kappa shape index (κ1) is 30.3. The van der Waals surface area contributed by atoms with E-state index in [4.69, 9.17) is 0 Å². The monoisotopic (exact) mass is 709 g/mol. The van der Waals surface area contributed by atoms with Gasteiger partial charge in [0.1, 0.15) is 0 Å². The predicted octanol–water partition coefficient (Wildman–Crippen LogP) is 8.11. The Morgan fingerprint density at radius 3 is 2.03 bits per heavy atom. The number of rotatable bonds is 5. The molecule has 0 bridgehead atoms. The first-order valence-corrected chi connectivity index (χ1v) is 16.3. The van der Waals surface area contributed by atoms with E-state index >= 15 is 0 Å². The molecule has 0 aliphatic heterocycles. The van der Waals surface area contributed by atoms with Crippen molar-refractivity contribution in [2.75, 3.05) is 0 Å². The number of hydrogen-bond acceptors (Lipinski definition) is 2. The van der Waals surface area contributed by atoms with Crippen molar-refractivity contribution in [2.24, 2.45) is 0 Å². The van der Waals surface area contributed by atoms with Gasteiger partial charge in [0, 0.05) is 43.7 Å². The average molecular weight is 709 g/mol. The van der Waals surface area contributed by atoms with Gasteiger partial charge in [0.05, 0.1) is 8.07 Å². The summed E-state index contributed by atoms with van der Waals surface area (Å²) in [6.45, 7) is 11.3. The molecule has 0 spiro atoms. The van der Waals surface area contributed by atoms with Crippen molar-refractivity contribution >= 4 is 13.3 Å². The van der Waals surface area contributed by atoms with E-state index in [0.717, 1.165) is 22.5 Å². The summed E-state index contributed by atoms with van der Waals surface area (Å²) in [5, 5.41) is 1.32. The van der Waals surface area contributed by atoms with Gasteiger partial charge >= 0.3 is 0 Å². The van der Waals surface area contributed by atoms with Crippen LogP contribution in [0.2, 0.25) is 19.6 Å². The van der Waals surface area contributed by atoms with Crippen LogP contribution >= 0.6 is 0 Å². The summed E-state index contributed by atoms with van der Waals surface area (Å²) in [5.74, 6) is -0.271. The van der Waals surface area contributed by atoms with Crippen LogP contribution in [-0.2, 0) is 25.5 Å². The van der Waals surface area contributed by atoms with Crippen LogP contribution in [0.5, 0.6) is 0 Å². The zero-order valence-corrected chi connectivity index (χ0v) is 26.4. The van der Waals surface area contributed by atoms with Gasteiger partial charge in [0.2, 0.25) is 0 Å². The van der Waals surface area contributed by atoms with Crippen LogP contribution < -0.4 is 5.19 Å². The fourth-order valence-electron chi connectivity index (χ4n) is 4.10. The smallest absolute Gasteiger partial charge is 0.0795 e. The molecule has 3 aromatic carbocycles. The summed E-state index contributed by atoms with van der Waals surface area (Å²) in [4.78, 5) is 8.91. The van der Waals surface area contributed by atoms with Crippen LogP contribution in [0.4, 0.5) is 4.39 Å². The molecule has 39 heavy (non-hydrogen) atoms. The number of pyridine rings is 2. The normalized spacial score (nSPS) is 11.1. The Hall–Kier alpha value is -3.24. The maximum absolute atomic E-state index is 12.8. The molecule has 201 valence electrons. The van der Waals surface area contributed by atoms with Gasteiger partial charge in [-0.15, -0.1) is 65.7 Å². The van der Waals surface area contributed by atoms with Crippen molar-refractivity contribution in [1.82, 2.24) is 9.97 Å². The largest absolute Gasteiger partial charge is 0.305 e. The molecule has 5 aromatic rings. The second kappa shape index (κ2) is 13.2. The van der Waals surface area contributed by atoms with Crippen molar-refractivity contribution in [3.63, 3.8) is 0 Å². The molecular weight excluding hydrogens is 676 g/mol. The van der Waals surface area contributed by atoms with E-state index in [-0.39, 0.29) is 31.3 Å². The molecule has 0 N–H and O–H groups in total. The minimum absolute atomic E-state index is 0. The zero-order valence-electron chi connectivity index (χ0n) is 23.0. The molecule has 0 amide bonds. The Bertz CT molecular complexity index is 1450. The summed E-state index contributed by atoms with van der Waals surface area (Å²) < 4.78 is 12.8. The predicted molar refractivity (Wildman–Crippen MR) is 159 cm³/mol. The molecule has 0 fully saturated rings. The minimum atomic E-state index is -1.30. The molecule has 2 nitrogen and oxygen atoms in total. The van der Waals surface area contributed by atoms with Gasteiger partial charge in [-0.05, 0) is 33.8 Å². The van der Waals surface area contributed by atoms with Crippen LogP contribution in [0.15, 0.2) is 109 Å². The Labute approximate surface area is 246 Å². The van der Waals surface area contributed by atoms with Crippen molar-refractivity contribution in [1.29, 1.82) is 0 Å². The fraction of sp³-hybridized carbons (Fsp3) is 0.176. The maximum atomic E-state index is 12.8. The minimum Gasteiger partial charge on any atom is -0.305 e. The van der Waals surface area contributed by atoms with Gasteiger partial charge in [-0.25, -0.2) is 0 Å². The Kier molecular flexibility index (Phi) is 10.3. The SMILES string of the molecule is CC(C)(c1ccccc1)c1ccnc(-c2[c-]cccc2)c1.C[Si](C)(C)c1ccc(-c2[c-]cc(F)cc2)nc1.[Ir]. The van der Waals surface area contributed by atoms with E-state index in [9.17, 15) is 4.39 Å². The molecule has 1 radical (unpaired) electrons.